The molecule has 8 heteroatoms. The number of pyridine rings is 1. The molecule has 0 radical (unpaired) electrons. The molecule has 0 spiro atoms. The Kier molecular flexibility index (Phi) is 4.18. The second-order valence-corrected chi connectivity index (χ2v) is 5.78. The van der Waals surface area contributed by atoms with Gasteiger partial charge in [-0.2, -0.15) is 0 Å². The molecule has 0 saturated carbocycles. The number of hydrogen-bond donors (Lipinski definition) is 2. The molecular weight excluding hydrogens is 294 g/mol. The van der Waals surface area contributed by atoms with E-state index in [-0.39, 0.29) is 17.4 Å². The highest BCUT2D eigenvalue weighted by Gasteiger charge is 2.21. The topological polar surface area (TPSA) is 105 Å². The SMILES string of the molecule is Cc1ccc(C(C)Nc2cc(C(=O)O)c([N+](=O)[O-])cn2)s1. The minimum absolute atomic E-state index is 0.0701. The molecule has 2 aromatic rings. The highest BCUT2D eigenvalue weighted by molar-refractivity contribution is 7.12. The number of hydrogen-bond acceptors (Lipinski definition) is 6. The molecule has 0 aliphatic rings. The second kappa shape index (κ2) is 5.88. The van der Waals surface area contributed by atoms with Crippen molar-refractivity contribution in [2.24, 2.45) is 0 Å². The van der Waals surface area contributed by atoms with Gasteiger partial charge in [-0.1, -0.05) is 0 Å². The van der Waals surface area contributed by atoms with Gasteiger partial charge in [0.2, 0.25) is 0 Å². The number of nitrogens with zero attached hydrogens (tertiary/aromatic N) is 2. The number of aromatic carboxylic acids is 1. The molecule has 2 heterocycles. The minimum Gasteiger partial charge on any atom is -0.477 e. The molecule has 0 amide bonds. The van der Waals surface area contributed by atoms with E-state index in [9.17, 15) is 14.9 Å². The molecule has 2 aromatic heterocycles. The van der Waals surface area contributed by atoms with E-state index in [4.69, 9.17) is 5.11 Å². The number of aryl methyl sites for hydroxylation is 1. The van der Waals surface area contributed by atoms with E-state index < -0.39 is 16.6 Å². The van der Waals surface area contributed by atoms with Crippen LogP contribution in [0.1, 0.15) is 33.1 Å². The lowest BCUT2D eigenvalue weighted by Crippen LogP contribution is -2.09. The molecule has 2 N–H and O–H groups in total. The van der Waals surface area contributed by atoms with Crippen molar-refractivity contribution in [3.63, 3.8) is 0 Å². The third kappa shape index (κ3) is 3.34. The summed E-state index contributed by atoms with van der Waals surface area (Å²) in [5.74, 6) is -1.07. The molecule has 0 aromatic carbocycles. The van der Waals surface area contributed by atoms with Crippen molar-refractivity contribution in [3.05, 3.63) is 49.8 Å². The second-order valence-electron chi connectivity index (χ2n) is 4.46. The van der Waals surface area contributed by atoms with Gasteiger partial charge in [-0.15, -0.1) is 11.3 Å². The van der Waals surface area contributed by atoms with Crippen molar-refractivity contribution in [1.29, 1.82) is 0 Å². The molecule has 2 rings (SSSR count). The van der Waals surface area contributed by atoms with Gasteiger partial charge in [-0.3, -0.25) is 10.1 Å². The molecule has 1 unspecified atom stereocenters. The Labute approximate surface area is 124 Å². The number of anilines is 1. The zero-order valence-corrected chi connectivity index (χ0v) is 12.2. The van der Waals surface area contributed by atoms with Gasteiger partial charge in [0.1, 0.15) is 17.6 Å². The van der Waals surface area contributed by atoms with Crippen LogP contribution in [0.2, 0.25) is 0 Å². The minimum atomic E-state index is -1.35. The van der Waals surface area contributed by atoms with E-state index >= 15 is 0 Å². The molecule has 0 saturated heterocycles. The number of rotatable bonds is 5. The summed E-state index contributed by atoms with van der Waals surface area (Å²) in [6.45, 7) is 3.91. The fourth-order valence-corrected chi connectivity index (χ4v) is 2.70. The summed E-state index contributed by atoms with van der Waals surface area (Å²) in [6, 6.07) is 5.07. The van der Waals surface area contributed by atoms with Crippen LogP contribution >= 0.6 is 11.3 Å². The quantitative estimate of drug-likeness (QED) is 0.649. The third-order valence-electron chi connectivity index (χ3n) is 2.86. The number of carboxylic acids is 1. The fraction of sp³-hybridized carbons (Fsp3) is 0.231. The van der Waals surface area contributed by atoms with Gasteiger partial charge < -0.3 is 10.4 Å². The first kappa shape index (κ1) is 14.9. The lowest BCUT2D eigenvalue weighted by Gasteiger charge is -2.13. The van der Waals surface area contributed by atoms with Gasteiger partial charge in [-0.25, -0.2) is 9.78 Å². The van der Waals surface area contributed by atoms with Gasteiger partial charge in [-0.05, 0) is 26.0 Å². The normalized spacial score (nSPS) is 11.9. The van der Waals surface area contributed by atoms with Crippen molar-refractivity contribution in [2.45, 2.75) is 19.9 Å². The predicted octanol–water partition coefficient (Wildman–Crippen LogP) is 3.23. The van der Waals surface area contributed by atoms with Crippen LogP contribution in [0, 0.1) is 17.0 Å². The van der Waals surface area contributed by atoms with Crippen LogP contribution < -0.4 is 5.32 Å². The van der Waals surface area contributed by atoms with E-state index in [1.165, 1.54) is 10.9 Å². The molecule has 1 atom stereocenters. The monoisotopic (exact) mass is 307 g/mol. The number of carbonyl (C=O) groups is 1. The zero-order chi connectivity index (χ0) is 15.6. The first-order chi connectivity index (χ1) is 9.88. The van der Waals surface area contributed by atoms with Crippen molar-refractivity contribution < 1.29 is 14.8 Å². The number of aromatic nitrogens is 1. The van der Waals surface area contributed by atoms with E-state index in [1.807, 2.05) is 26.0 Å². The Bertz CT molecular complexity index is 698. The summed E-state index contributed by atoms with van der Waals surface area (Å²) < 4.78 is 0. The summed E-state index contributed by atoms with van der Waals surface area (Å²) in [7, 11) is 0. The van der Waals surface area contributed by atoms with Crippen molar-refractivity contribution in [1.82, 2.24) is 4.98 Å². The van der Waals surface area contributed by atoms with Crippen molar-refractivity contribution >= 4 is 28.8 Å². The summed E-state index contributed by atoms with van der Waals surface area (Å²) in [4.78, 5) is 27.2. The lowest BCUT2D eigenvalue weighted by atomic mass is 10.2. The smallest absolute Gasteiger partial charge is 0.342 e. The average Bonchev–Trinajstić information content (AvgIpc) is 2.85. The Hall–Kier alpha value is -2.48. The van der Waals surface area contributed by atoms with Crippen LogP contribution in [0.15, 0.2) is 24.4 Å². The molecule has 110 valence electrons. The number of carboxylic acid groups (broad SMARTS) is 1. The van der Waals surface area contributed by atoms with Gasteiger partial charge in [0.05, 0.1) is 11.0 Å². The van der Waals surface area contributed by atoms with Gasteiger partial charge in [0, 0.05) is 15.8 Å². The third-order valence-corrected chi connectivity index (χ3v) is 4.05. The molecule has 21 heavy (non-hydrogen) atoms. The van der Waals surface area contributed by atoms with Gasteiger partial charge >= 0.3 is 11.7 Å². The van der Waals surface area contributed by atoms with Crippen LogP contribution in [-0.4, -0.2) is 21.0 Å². The largest absolute Gasteiger partial charge is 0.477 e. The van der Waals surface area contributed by atoms with Crippen molar-refractivity contribution in [2.75, 3.05) is 5.32 Å². The Morgan fingerprint density at radius 1 is 1.52 bits per heavy atom. The standard InChI is InChI=1S/C13H13N3O4S/c1-7-3-4-11(21-7)8(2)15-12-5-9(13(17)18)10(6-14-12)16(19)20/h3-6,8H,1-2H3,(H,14,15)(H,17,18). The lowest BCUT2D eigenvalue weighted by molar-refractivity contribution is -0.385. The number of nitrogens with one attached hydrogen (secondary N) is 1. The molecule has 7 nitrogen and oxygen atoms in total. The average molecular weight is 307 g/mol. The summed E-state index contributed by atoms with van der Waals surface area (Å²) >= 11 is 1.62. The molecule has 0 aliphatic heterocycles. The van der Waals surface area contributed by atoms with Crippen LogP contribution in [0.4, 0.5) is 11.5 Å². The van der Waals surface area contributed by atoms with Crippen LogP contribution in [0.5, 0.6) is 0 Å². The van der Waals surface area contributed by atoms with Crippen LogP contribution in [0.3, 0.4) is 0 Å². The van der Waals surface area contributed by atoms with Crippen LogP contribution in [0.25, 0.3) is 0 Å². The molecular formula is C13H13N3O4S. The molecule has 0 bridgehead atoms. The van der Waals surface area contributed by atoms with E-state index in [0.29, 0.717) is 0 Å². The number of thiophene rings is 1. The maximum Gasteiger partial charge on any atom is 0.342 e. The van der Waals surface area contributed by atoms with Crippen LogP contribution in [-0.2, 0) is 0 Å². The maximum absolute atomic E-state index is 11.1. The molecule has 0 aliphatic carbocycles. The Morgan fingerprint density at radius 3 is 2.76 bits per heavy atom. The first-order valence-electron chi connectivity index (χ1n) is 6.09. The van der Waals surface area contributed by atoms with E-state index in [2.05, 4.69) is 10.3 Å². The maximum atomic E-state index is 11.1. The highest BCUT2D eigenvalue weighted by atomic mass is 32.1. The Balaban J connectivity index is 2.27. The summed E-state index contributed by atoms with van der Waals surface area (Å²) in [5, 5.41) is 22.8. The zero-order valence-electron chi connectivity index (χ0n) is 11.4. The highest BCUT2D eigenvalue weighted by Crippen LogP contribution is 2.27. The van der Waals surface area contributed by atoms with E-state index in [1.54, 1.807) is 11.3 Å². The Morgan fingerprint density at radius 2 is 2.24 bits per heavy atom. The summed E-state index contributed by atoms with van der Waals surface area (Å²) in [5.41, 5.74) is -0.903. The summed E-state index contributed by atoms with van der Waals surface area (Å²) in [6.07, 6.45) is 0.957. The fourth-order valence-electron chi connectivity index (χ4n) is 1.82. The van der Waals surface area contributed by atoms with Gasteiger partial charge in [0.15, 0.2) is 0 Å². The molecule has 0 fully saturated rings. The predicted molar refractivity (Wildman–Crippen MR) is 78.9 cm³/mol. The first-order valence-corrected chi connectivity index (χ1v) is 6.90. The van der Waals surface area contributed by atoms with E-state index in [0.717, 1.165) is 11.1 Å². The van der Waals surface area contributed by atoms with Crippen molar-refractivity contribution in [3.8, 4) is 0 Å². The number of nitro groups is 1. The van der Waals surface area contributed by atoms with Gasteiger partial charge in [0.25, 0.3) is 0 Å².